The van der Waals surface area contributed by atoms with Crippen LogP contribution in [-0.2, 0) is 4.43 Å². The number of nitrogens with zero attached hydrogens (tertiary/aromatic N) is 4. The summed E-state index contributed by atoms with van der Waals surface area (Å²) in [6, 6.07) is 17.2. The largest absolute Gasteiger partial charge is 0.415 e. The summed E-state index contributed by atoms with van der Waals surface area (Å²) in [4.78, 5) is 22.2. The molecular formula is C27H29Cl2FN4O2Si. The molecule has 0 fully saturated rings. The third-order valence-electron chi connectivity index (χ3n) is 6.74. The van der Waals surface area contributed by atoms with Gasteiger partial charge in [0.1, 0.15) is 16.1 Å². The lowest BCUT2D eigenvalue weighted by Crippen LogP contribution is -2.47. The second kappa shape index (κ2) is 10.5. The van der Waals surface area contributed by atoms with Crippen molar-refractivity contribution in [3.8, 4) is 11.3 Å². The molecule has 2 heterocycles. The predicted molar refractivity (Wildman–Crippen MR) is 150 cm³/mol. The molecule has 0 aliphatic carbocycles. The summed E-state index contributed by atoms with van der Waals surface area (Å²) in [6.45, 7) is 11.2. The number of carbonyl (C=O) groups is 1. The van der Waals surface area contributed by atoms with E-state index in [4.69, 9.17) is 27.6 Å². The molecule has 0 spiro atoms. The van der Waals surface area contributed by atoms with Crippen molar-refractivity contribution in [3.63, 3.8) is 0 Å². The van der Waals surface area contributed by atoms with Crippen molar-refractivity contribution in [2.45, 2.75) is 38.9 Å². The third kappa shape index (κ3) is 5.72. The van der Waals surface area contributed by atoms with Gasteiger partial charge in [0.2, 0.25) is 5.82 Å². The summed E-state index contributed by atoms with van der Waals surface area (Å²) in [7, 11) is -2.11. The molecule has 0 unspecified atom stereocenters. The van der Waals surface area contributed by atoms with Gasteiger partial charge in [0.15, 0.2) is 8.32 Å². The summed E-state index contributed by atoms with van der Waals surface area (Å²) >= 11 is 12.2. The van der Waals surface area contributed by atoms with E-state index in [2.05, 4.69) is 43.8 Å². The van der Waals surface area contributed by atoms with Gasteiger partial charge in [-0.1, -0.05) is 74.3 Å². The van der Waals surface area contributed by atoms with Crippen LogP contribution >= 0.6 is 23.2 Å². The van der Waals surface area contributed by atoms with E-state index in [-0.39, 0.29) is 34.3 Å². The number of rotatable bonds is 7. The number of fused-ring (bicyclic) bond motifs is 1. The van der Waals surface area contributed by atoms with Crippen molar-refractivity contribution in [1.29, 1.82) is 0 Å². The highest BCUT2D eigenvalue weighted by molar-refractivity contribution is 6.74. The van der Waals surface area contributed by atoms with Gasteiger partial charge in [-0.05, 0) is 42.4 Å². The predicted octanol–water partition coefficient (Wildman–Crippen LogP) is 7.34. The van der Waals surface area contributed by atoms with E-state index < -0.39 is 20.0 Å². The van der Waals surface area contributed by atoms with Crippen LogP contribution in [0.2, 0.25) is 28.4 Å². The summed E-state index contributed by atoms with van der Waals surface area (Å²) in [5.41, 5.74) is 1.58. The third-order valence-corrected chi connectivity index (χ3v) is 11.7. The smallest absolute Gasteiger partial charge is 0.310 e. The molecule has 0 atom stereocenters. The van der Waals surface area contributed by atoms with E-state index >= 15 is 4.39 Å². The highest BCUT2D eigenvalue weighted by Crippen LogP contribution is 2.36. The molecular weight excluding hydrogens is 530 g/mol. The van der Waals surface area contributed by atoms with Crippen molar-refractivity contribution in [1.82, 2.24) is 14.6 Å². The minimum Gasteiger partial charge on any atom is -0.415 e. The fraction of sp³-hybridized carbons (Fsp3) is 0.296. The van der Waals surface area contributed by atoms with Gasteiger partial charge >= 0.3 is 5.91 Å². The van der Waals surface area contributed by atoms with E-state index in [1.165, 1.54) is 17.1 Å². The minimum atomic E-state index is -2.11. The number of para-hydroxylation sites is 1. The van der Waals surface area contributed by atoms with Crippen molar-refractivity contribution in [2.24, 2.45) is 0 Å². The zero-order chi connectivity index (χ0) is 27.0. The molecule has 0 bridgehead atoms. The Labute approximate surface area is 227 Å². The molecule has 2 aromatic heterocycles. The molecule has 0 aliphatic heterocycles. The monoisotopic (exact) mass is 558 g/mol. The van der Waals surface area contributed by atoms with Gasteiger partial charge in [-0.15, -0.1) is 0 Å². The van der Waals surface area contributed by atoms with Crippen LogP contribution in [-0.4, -0.2) is 42.0 Å². The summed E-state index contributed by atoms with van der Waals surface area (Å²) < 4.78 is 23.1. The standard InChI is InChI=1S/C27H29Cl2FN4O2Si/c1-27(2,3)37(4,5)36-15-14-33(26(35)25-31-23(28)17-24(29)32-25)34-21-13-9-6-10-18(21)16-22(34)19-11-7-8-12-20(19)30/h6-13,16-17H,14-15H2,1-5H3. The second-order valence-corrected chi connectivity index (χ2v) is 15.8. The Morgan fingerprint density at radius 3 is 2.30 bits per heavy atom. The first-order chi connectivity index (χ1) is 17.4. The fourth-order valence-electron chi connectivity index (χ4n) is 3.76. The topological polar surface area (TPSA) is 60.2 Å². The van der Waals surface area contributed by atoms with Gasteiger partial charge in [0, 0.05) is 17.0 Å². The highest BCUT2D eigenvalue weighted by atomic mass is 35.5. The first kappa shape index (κ1) is 27.3. The second-order valence-electron chi connectivity index (χ2n) is 10.3. The Morgan fingerprint density at radius 1 is 1.03 bits per heavy atom. The van der Waals surface area contributed by atoms with E-state index in [1.54, 1.807) is 22.9 Å². The van der Waals surface area contributed by atoms with Gasteiger partial charge in [-0.25, -0.2) is 24.0 Å². The van der Waals surface area contributed by atoms with Gasteiger partial charge < -0.3 is 4.43 Å². The van der Waals surface area contributed by atoms with Crippen LogP contribution in [0, 0.1) is 5.82 Å². The molecule has 4 rings (SSSR count). The number of amides is 1. The first-order valence-corrected chi connectivity index (χ1v) is 15.6. The van der Waals surface area contributed by atoms with Crippen LogP contribution in [0.4, 0.5) is 4.39 Å². The molecule has 0 saturated carbocycles. The van der Waals surface area contributed by atoms with E-state index in [9.17, 15) is 4.79 Å². The SMILES string of the molecule is CC(C)(C)[Si](C)(C)OCCN(C(=O)c1nc(Cl)cc(Cl)n1)n1c(-c2ccccc2F)cc2ccccc21. The van der Waals surface area contributed by atoms with Gasteiger partial charge in [0.05, 0.1) is 24.4 Å². The molecule has 37 heavy (non-hydrogen) atoms. The fourth-order valence-corrected chi connectivity index (χ4v) is 5.22. The van der Waals surface area contributed by atoms with Crippen LogP contribution in [0.25, 0.3) is 22.2 Å². The number of carbonyl (C=O) groups excluding carboxylic acids is 1. The summed E-state index contributed by atoms with van der Waals surface area (Å²) in [5, 5.41) is 2.40. The minimum absolute atomic E-state index is 0.0100. The Bertz CT molecular complexity index is 1430. The zero-order valence-electron chi connectivity index (χ0n) is 21.4. The zero-order valence-corrected chi connectivity index (χ0v) is 23.9. The number of hydrogen-bond donors (Lipinski definition) is 0. The number of hydrogen-bond acceptors (Lipinski definition) is 4. The first-order valence-electron chi connectivity index (χ1n) is 11.9. The lowest BCUT2D eigenvalue weighted by Gasteiger charge is -2.37. The van der Waals surface area contributed by atoms with Crippen LogP contribution in [0.3, 0.4) is 0 Å². The molecule has 4 aromatic rings. The number of halogens is 3. The summed E-state index contributed by atoms with van der Waals surface area (Å²) in [6.07, 6.45) is 0. The van der Waals surface area contributed by atoms with Crippen LogP contribution in [0.15, 0.2) is 60.7 Å². The van der Waals surface area contributed by atoms with Crippen LogP contribution in [0.1, 0.15) is 31.4 Å². The van der Waals surface area contributed by atoms with Gasteiger partial charge in [-0.2, -0.15) is 0 Å². The Kier molecular flexibility index (Phi) is 7.76. The Morgan fingerprint density at radius 2 is 1.65 bits per heavy atom. The maximum atomic E-state index is 15.0. The number of aromatic nitrogens is 3. The number of benzene rings is 2. The molecule has 10 heteroatoms. The lowest BCUT2D eigenvalue weighted by atomic mass is 10.1. The Hall–Kier alpha value is -2.78. The van der Waals surface area contributed by atoms with Crippen molar-refractivity contribution in [3.05, 3.63) is 82.6 Å². The molecule has 6 nitrogen and oxygen atoms in total. The molecule has 0 aliphatic rings. The average Bonchev–Trinajstić information content (AvgIpc) is 3.19. The molecule has 0 N–H and O–H groups in total. The van der Waals surface area contributed by atoms with Crippen LogP contribution in [0.5, 0.6) is 0 Å². The molecule has 194 valence electrons. The van der Waals surface area contributed by atoms with Crippen LogP contribution < -0.4 is 5.01 Å². The Balaban J connectivity index is 1.86. The van der Waals surface area contributed by atoms with Crippen molar-refractivity contribution in [2.75, 3.05) is 18.2 Å². The summed E-state index contributed by atoms with van der Waals surface area (Å²) in [5.74, 6) is -1.11. The van der Waals surface area contributed by atoms with Crippen molar-refractivity contribution >= 4 is 48.3 Å². The molecule has 1 amide bonds. The van der Waals surface area contributed by atoms with Gasteiger partial charge in [0.25, 0.3) is 0 Å². The van der Waals surface area contributed by atoms with E-state index in [0.29, 0.717) is 11.3 Å². The maximum Gasteiger partial charge on any atom is 0.310 e. The highest BCUT2D eigenvalue weighted by Gasteiger charge is 2.37. The van der Waals surface area contributed by atoms with Gasteiger partial charge in [-0.3, -0.25) is 4.79 Å². The quantitative estimate of drug-likeness (QED) is 0.176. The van der Waals surface area contributed by atoms with E-state index in [1.807, 2.05) is 30.3 Å². The maximum absolute atomic E-state index is 15.0. The molecule has 0 saturated heterocycles. The average molecular weight is 560 g/mol. The molecule has 0 radical (unpaired) electrons. The normalized spacial score (nSPS) is 12.2. The van der Waals surface area contributed by atoms with E-state index in [0.717, 1.165) is 10.9 Å². The molecule has 2 aromatic carbocycles. The lowest BCUT2D eigenvalue weighted by molar-refractivity contribution is 0.0943. The van der Waals surface area contributed by atoms with Crippen molar-refractivity contribution < 1.29 is 13.6 Å².